The van der Waals surface area contributed by atoms with Crippen molar-refractivity contribution >= 4 is 0 Å². The van der Waals surface area contributed by atoms with Crippen LogP contribution in [0.25, 0.3) is 0 Å². The first-order chi connectivity index (χ1) is 6.11. The summed E-state index contributed by atoms with van der Waals surface area (Å²) in [6, 6.07) is 0. The zero-order chi connectivity index (χ0) is 10.0. The molecule has 0 aromatic rings. The van der Waals surface area contributed by atoms with E-state index in [1.165, 1.54) is 0 Å². The first-order valence-corrected chi connectivity index (χ1v) is 3.83. The standard InChI is InChI=1S/C7H13O6/c1-12-7-6(11)5(10)4(9)3(2-8)13-7/h3-11H,1-2H2/t3-,4-,5+,6-,7-/m1/s1. The molecule has 1 fully saturated rings. The van der Waals surface area contributed by atoms with Crippen molar-refractivity contribution in [2.45, 2.75) is 30.7 Å². The maximum atomic E-state index is 9.25. The number of ether oxygens (including phenoxy) is 2. The molecule has 5 atom stereocenters. The van der Waals surface area contributed by atoms with Gasteiger partial charge < -0.3 is 29.9 Å². The number of rotatable bonds is 2. The Bertz CT molecular complexity index is 143. The molecule has 0 unspecified atom stereocenters. The van der Waals surface area contributed by atoms with Crippen LogP contribution in [0.4, 0.5) is 0 Å². The van der Waals surface area contributed by atoms with E-state index in [1.54, 1.807) is 0 Å². The molecule has 0 aliphatic carbocycles. The van der Waals surface area contributed by atoms with Crippen LogP contribution in [-0.4, -0.2) is 57.7 Å². The van der Waals surface area contributed by atoms with E-state index in [-0.39, 0.29) is 0 Å². The lowest BCUT2D eigenvalue weighted by Gasteiger charge is -2.38. The topological polar surface area (TPSA) is 99.4 Å². The highest BCUT2D eigenvalue weighted by atomic mass is 16.7. The maximum Gasteiger partial charge on any atom is 0.186 e. The summed E-state index contributed by atoms with van der Waals surface area (Å²) >= 11 is 0. The molecule has 1 aliphatic rings. The molecule has 0 saturated carbocycles. The molecular weight excluding hydrogens is 180 g/mol. The summed E-state index contributed by atoms with van der Waals surface area (Å²) in [4.78, 5) is 0. The summed E-state index contributed by atoms with van der Waals surface area (Å²) in [7, 11) is 3.03. The van der Waals surface area contributed by atoms with Crippen molar-refractivity contribution in [3.63, 3.8) is 0 Å². The quantitative estimate of drug-likeness (QED) is 0.390. The fraction of sp³-hybridized carbons (Fsp3) is 0.857. The third kappa shape index (κ3) is 1.98. The van der Waals surface area contributed by atoms with Crippen molar-refractivity contribution in [2.75, 3.05) is 6.61 Å². The molecule has 0 aromatic heterocycles. The predicted molar refractivity (Wildman–Crippen MR) is 40.2 cm³/mol. The second kappa shape index (κ2) is 4.32. The van der Waals surface area contributed by atoms with Gasteiger partial charge in [0.1, 0.15) is 24.4 Å². The van der Waals surface area contributed by atoms with Crippen LogP contribution in [0.3, 0.4) is 0 Å². The van der Waals surface area contributed by atoms with E-state index in [1.807, 2.05) is 0 Å². The van der Waals surface area contributed by atoms with Gasteiger partial charge in [0.25, 0.3) is 0 Å². The van der Waals surface area contributed by atoms with Gasteiger partial charge in [-0.1, -0.05) is 0 Å². The van der Waals surface area contributed by atoms with E-state index >= 15 is 0 Å². The fourth-order valence-corrected chi connectivity index (χ4v) is 1.21. The number of aliphatic hydroxyl groups is 4. The molecular formula is C7H13O6. The Hall–Kier alpha value is -0.240. The van der Waals surface area contributed by atoms with Gasteiger partial charge in [-0.15, -0.1) is 0 Å². The van der Waals surface area contributed by atoms with Crippen molar-refractivity contribution in [1.29, 1.82) is 0 Å². The van der Waals surface area contributed by atoms with Crippen LogP contribution in [0.1, 0.15) is 0 Å². The first kappa shape index (κ1) is 10.8. The lowest BCUT2D eigenvalue weighted by Crippen LogP contribution is -2.58. The fourth-order valence-electron chi connectivity index (χ4n) is 1.21. The zero-order valence-electron chi connectivity index (χ0n) is 6.91. The Morgan fingerprint density at radius 1 is 1.15 bits per heavy atom. The Morgan fingerprint density at radius 2 is 1.77 bits per heavy atom. The molecule has 0 amide bonds. The van der Waals surface area contributed by atoms with Crippen molar-refractivity contribution < 1.29 is 29.9 Å². The molecule has 4 N–H and O–H groups in total. The molecule has 6 nitrogen and oxygen atoms in total. The van der Waals surface area contributed by atoms with Crippen LogP contribution in [0.15, 0.2) is 0 Å². The number of hydrogen-bond acceptors (Lipinski definition) is 6. The second-order valence-corrected chi connectivity index (χ2v) is 2.86. The van der Waals surface area contributed by atoms with E-state index in [0.717, 1.165) is 0 Å². The van der Waals surface area contributed by atoms with Crippen molar-refractivity contribution in [1.82, 2.24) is 0 Å². The average Bonchev–Trinajstić information content (AvgIpc) is 2.15. The lowest BCUT2D eigenvalue weighted by atomic mass is 9.99. The third-order valence-electron chi connectivity index (χ3n) is 2.01. The molecule has 1 radical (unpaired) electrons. The summed E-state index contributed by atoms with van der Waals surface area (Å²) in [5.74, 6) is 0. The summed E-state index contributed by atoms with van der Waals surface area (Å²) < 4.78 is 9.33. The van der Waals surface area contributed by atoms with Crippen molar-refractivity contribution in [3.05, 3.63) is 7.11 Å². The van der Waals surface area contributed by atoms with Gasteiger partial charge in [0, 0.05) is 0 Å². The Kier molecular flexibility index (Phi) is 3.60. The van der Waals surface area contributed by atoms with Gasteiger partial charge >= 0.3 is 0 Å². The van der Waals surface area contributed by atoms with E-state index < -0.39 is 37.3 Å². The summed E-state index contributed by atoms with van der Waals surface area (Å²) in [6.07, 6.45) is -6.19. The average molecular weight is 193 g/mol. The van der Waals surface area contributed by atoms with Crippen LogP contribution in [0.5, 0.6) is 0 Å². The molecule has 13 heavy (non-hydrogen) atoms. The van der Waals surface area contributed by atoms with Crippen LogP contribution in [0.2, 0.25) is 0 Å². The van der Waals surface area contributed by atoms with E-state index in [0.29, 0.717) is 0 Å². The summed E-state index contributed by atoms with van der Waals surface area (Å²) in [5, 5.41) is 36.5. The largest absolute Gasteiger partial charge is 0.394 e. The molecule has 1 aliphatic heterocycles. The van der Waals surface area contributed by atoms with Gasteiger partial charge in [-0.05, 0) is 0 Å². The van der Waals surface area contributed by atoms with Crippen LogP contribution in [-0.2, 0) is 9.47 Å². The van der Waals surface area contributed by atoms with Crippen LogP contribution in [0, 0.1) is 7.11 Å². The summed E-state index contributed by atoms with van der Waals surface area (Å²) in [6.45, 7) is -0.467. The van der Waals surface area contributed by atoms with Crippen LogP contribution < -0.4 is 0 Å². The SMILES string of the molecule is [CH2]O[C@@H]1O[C@H](CO)[C@@H](O)[C@H](O)[C@H]1O. The van der Waals surface area contributed by atoms with E-state index in [9.17, 15) is 15.3 Å². The predicted octanol–water partition coefficient (Wildman–Crippen LogP) is -2.41. The van der Waals surface area contributed by atoms with Gasteiger partial charge in [0.2, 0.25) is 0 Å². The molecule has 0 bridgehead atoms. The summed E-state index contributed by atoms with van der Waals surface area (Å²) in [5.41, 5.74) is 0. The monoisotopic (exact) mass is 193 g/mol. The minimum Gasteiger partial charge on any atom is -0.394 e. The third-order valence-corrected chi connectivity index (χ3v) is 2.01. The lowest BCUT2D eigenvalue weighted by molar-refractivity contribution is -0.289. The number of hydrogen-bond donors (Lipinski definition) is 4. The molecule has 1 heterocycles. The zero-order valence-corrected chi connectivity index (χ0v) is 6.91. The molecule has 6 heteroatoms. The van der Waals surface area contributed by atoms with E-state index in [4.69, 9.17) is 9.84 Å². The first-order valence-electron chi connectivity index (χ1n) is 3.83. The van der Waals surface area contributed by atoms with E-state index in [2.05, 4.69) is 11.8 Å². The van der Waals surface area contributed by atoms with Gasteiger partial charge in [-0.3, -0.25) is 0 Å². The van der Waals surface area contributed by atoms with Gasteiger partial charge in [0.15, 0.2) is 6.29 Å². The maximum absolute atomic E-state index is 9.25. The second-order valence-electron chi connectivity index (χ2n) is 2.86. The molecule has 77 valence electrons. The normalized spacial score (nSPS) is 46.4. The highest BCUT2D eigenvalue weighted by Crippen LogP contribution is 2.21. The van der Waals surface area contributed by atoms with Crippen molar-refractivity contribution in [2.24, 2.45) is 0 Å². The van der Waals surface area contributed by atoms with Crippen LogP contribution >= 0.6 is 0 Å². The minimum absolute atomic E-state index is 0.467. The minimum atomic E-state index is -1.40. The Balaban J connectivity index is 2.66. The smallest absolute Gasteiger partial charge is 0.186 e. The highest BCUT2D eigenvalue weighted by molar-refractivity contribution is 4.88. The molecule has 0 spiro atoms. The molecule has 1 saturated heterocycles. The molecule has 0 aromatic carbocycles. The Morgan fingerprint density at radius 3 is 2.23 bits per heavy atom. The number of aliphatic hydroxyl groups excluding tert-OH is 4. The molecule has 1 rings (SSSR count). The Labute approximate surface area is 75.3 Å². The van der Waals surface area contributed by atoms with Gasteiger partial charge in [-0.25, -0.2) is 0 Å². The van der Waals surface area contributed by atoms with Crippen molar-refractivity contribution in [3.8, 4) is 0 Å². The van der Waals surface area contributed by atoms with Gasteiger partial charge in [0.05, 0.1) is 13.7 Å². The highest BCUT2D eigenvalue weighted by Gasteiger charge is 2.43. The van der Waals surface area contributed by atoms with Gasteiger partial charge in [-0.2, -0.15) is 0 Å².